The van der Waals surface area contributed by atoms with Crippen LogP contribution >= 0.6 is 0 Å². The van der Waals surface area contributed by atoms with Crippen molar-refractivity contribution < 1.29 is 9.90 Å². The normalized spacial score (nSPS) is 10.4. The quantitative estimate of drug-likeness (QED) is 0.553. The molecule has 1 amide bonds. The molecule has 16 heavy (non-hydrogen) atoms. The van der Waals surface area contributed by atoms with Gasteiger partial charge < -0.3 is 15.7 Å². The highest BCUT2D eigenvalue weighted by Gasteiger charge is 2.10. The summed E-state index contributed by atoms with van der Waals surface area (Å²) in [6, 6.07) is 0. The third kappa shape index (κ3) is 7.65. The highest BCUT2D eigenvalue weighted by molar-refractivity contribution is 5.77. The number of hydrogen-bond donors (Lipinski definition) is 2. The van der Waals surface area contributed by atoms with Crippen molar-refractivity contribution in [1.29, 1.82) is 0 Å². The molecule has 0 aromatic rings. The largest absolute Gasteiger partial charge is 0.396 e. The first kappa shape index (κ1) is 15.4. The molecule has 3 N–H and O–H groups in total. The van der Waals surface area contributed by atoms with E-state index < -0.39 is 0 Å². The topological polar surface area (TPSA) is 66.6 Å². The number of nitrogens with two attached hydrogens (primary N) is 1. The summed E-state index contributed by atoms with van der Waals surface area (Å²) in [5.41, 5.74) is 5.34. The van der Waals surface area contributed by atoms with Crippen LogP contribution in [0, 0.1) is 0 Å². The van der Waals surface area contributed by atoms with Crippen LogP contribution in [0.3, 0.4) is 0 Å². The number of aliphatic hydroxyl groups excluding tert-OH is 1. The Labute approximate surface area is 98.8 Å². The molecule has 4 nitrogen and oxygen atoms in total. The lowest BCUT2D eigenvalue weighted by atomic mass is 10.1. The fraction of sp³-hybridized carbons (Fsp3) is 0.917. The number of unbranched alkanes of at least 4 members (excludes halogenated alkanes) is 4. The minimum atomic E-state index is -0.0102. The molecule has 0 atom stereocenters. The molecule has 0 fully saturated rings. The first-order valence-corrected chi connectivity index (χ1v) is 6.35. The lowest BCUT2D eigenvalue weighted by Crippen LogP contribution is -2.37. The van der Waals surface area contributed by atoms with Crippen LogP contribution in [-0.4, -0.2) is 42.2 Å². The summed E-state index contributed by atoms with van der Waals surface area (Å²) in [4.78, 5) is 13.2. The van der Waals surface area contributed by atoms with Crippen molar-refractivity contribution in [2.75, 3.05) is 26.2 Å². The Morgan fingerprint density at radius 2 is 1.75 bits per heavy atom. The smallest absolute Gasteiger partial charge is 0.236 e. The summed E-state index contributed by atoms with van der Waals surface area (Å²) in [6.45, 7) is 3.79. The summed E-state index contributed by atoms with van der Waals surface area (Å²) in [5.74, 6) is -0.0102. The van der Waals surface area contributed by atoms with Gasteiger partial charge in [-0.25, -0.2) is 0 Å². The van der Waals surface area contributed by atoms with Gasteiger partial charge in [-0.2, -0.15) is 0 Å². The first-order valence-electron chi connectivity index (χ1n) is 6.35. The van der Waals surface area contributed by atoms with Gasteiger partial charge in [0.1, 0.15) is 0 Å². The van der Waals surface area contributed by atoms with E-state index in [0.29, 0.717) is 13.0 Å². The van der Waals surface area contributed by atoms with E-state index in [1.807, 2.05) is 0 Å². The van der Waals surface area contributed by atoms with Crippen molar-refractivity contribution in [2.45, 2.75) is 45.4 Å². The summed E-state index contributed by atoms with van der Waals surface area (Å²) in [6.07, 6.45) is 6.58. The standard InChI is InChI=1S/C12H26N2O2/c1-2-3-4-5-6-8-14(9-7-10-15)12(16)11-13/h15H,2-11,13H2,1H3. The molecule has 0 aliphatic carbocycles. The van der Waals surface area contributed by atoms with Gasteiger partial charge in [0, 0.05) is 19.7 Å². The number of carbonyl (C=O) groups excluding carboxylic acids is 1. The van der Waals surface area contributed by atoms with Crippen LogP contribution in [0.25, 0.3) is 0 Å². The SMILES string of the molecule is CCCCCCCN(CCCO)C(=O)CN. The molecule has 0 aliphatic heterocycles. The van der Waals surface area contributed by atoms with Crippen LogP contribution in [0.5, 0.6) is 0 Å². The van der Waals surface area contributed by atoms with Crippen LogP contribution in [0.2, 0.25) is 0 Å². The van der Waals surface area contributed by atoms with Gasteiger partial charge in [0.2, 0.25) is 5.91 Å². The number of aliphatic hydroxyl groups is 1. The Balaban J connectivity index is 3.69. The van der Waals surface area contributed by atoms with Gasteiger partial charge in [0.15, 0.2) is 0 Å². The van der Waals surface area contributed by atoms with E-state index in [2.05, 4.69) is 6.92 Å². The highest BCUT2D eigenvalue weighted by atomic mass is 16.3. The Morgan fingerprint density at radius 1 is 1.12 bits per heavy atom. The molecule has 4 heteroatoms. The van der Waals surface area contributed by atoms with Gasteiger partial charge >= 0.3 is 0 Å². The maximum atomic E-state index is 11.5. The molecule has 96 valence electrons. The molecule has 0 radical (unpaired) electrons. The second-order valence-electron chi connectivity index (χ2n) is 4.08. The Bertz CT molecular complexity index is 174. The van der Waals surface area contributed by atoms with Crippen molar-refractivity contribution >= 4 is 5.91 Å². The fourth-order valence-electron chi connectivity index (χ4n) is 1.66. The van der Waals surface area contributed by atoms with Gasteiger partial charge in [-0.1, -0.05) is 32.6 Å². The number of hydrogen-bond acceptors (Lipinski definition) is 3. The van der Waals surface area contributed by atoms with Gasteiger partial charge in [-0.3, -0.25) is 4.79 Å². The lowest BCUT2D eigenvalue weighted by Gasteiger charge is -2.21. The van der Waals surface area contributed by atoms with Gasteiger partial charge in [0.25, 0.3) is 0 Å². The van der Waals surface area contributed by atoms with E-state index >= 15 is 0 Å². The number of carbonyl (C=O) groups is 1. The molecular weight excluding hydrogens is 204 g/mol. The molecule has 0 bridgehead atoms. The Kier molecular flexibility index (Phi) is 10.5. The van der Waals surface area contributed by atoms with Crippen LogP contribution < -0.4 is 5.73 Å². The van der Waals surface area contributed by atoms with Crippen LogP contribution in [0.15, 0.2) is 0 Å². The third-order valence-electron chi connectivity index (χ3n) is 2.65. The minimum absolute atomic E-state index is 0.0102. The van der Waals surface area contributed by atoms with Gasteiger partial charge in [-0.15, -0.1) is 0 Å². The molecule has 0 saturated carbocycles. The second-order valence-corrected chi connectivity index (χ2v) is 4.08. The maximum absolute atomic E-state index is 11.5. The lowest BCUT2D eigenvalue weighted by molar-refractivity contribution is -0.129. The van der Waals surface area contributed by atoms with E-state index in [-0.39, 0.29) is 19.1 Å². The molecule has 0 aliphatic rings. The zero-order chi connectivity index (χ0) is 12.2. The van der Waals surface area contributed by atoms with Gasteiger partial charge in [0.05, 0.1) is 6.54 Å². The molecule has 0 rings (SSSR count). The van der Waals surface area contributed by atoms with Gasteiger partial charge in [-0.05, 0) is 12.8 Å². The van der Waals surface area contributed by atoms with Crippen LogP contribution in [0.1, 0.15) is 45.4 Å². The van der Waals surface area contributed by atoms with Crippen molar-refractivity contribution in [3.8, 4) is 0 Å². The first-order chi connectivity index (χ1) is 7.76. The average Bonchev–Trinajstić information content (AvgIpc) is 2.31. The van der Waals surface area contributed by atoms with Crippen LogP contribution in [0.4, 0.5) is 0 Å². The fourth-order valence-corrected chi connectivity index (χ4v) is 1.66. The summed E-state index contributed by atoms with van der Waals surface area (Å²) in [7, 11) is 0. The molecule has 0 aromatic carbocycles. The zero-order valence-corrected chi connectivity index (χ0v) is 10.5. The molecule has 0 aromatic heterocycles. The zero-order valence-electron chi connectivity index (χ0n) is 10.5. The van der Waals surface area contributed by atoms with Crippen molar-refractivity contribution in [1.82, 2.24) is 4.90 Å². The van der Waals surface area contributed by atoms with Crippen molar-refractivity contribution in [3.05, 3.63) is 0 Å². The van der Waals surface area contributed by atoms with Crippen molar-refractivity contribution in [3.63, 3.8) is 0 Å². The number of rotatable bonds is 10. The van der Waals surface area contributed by atoms with Crippen molar-refractivity contribution in [2.24, 2.45) is 5.73 Å². The monoisotopic (exact) mass is 230 g/mol. The number of nitrogens with zero attached hydrogens (tertiary/aromatic N) is 1. The van der Waals surface area contributed by atoms with E-state index in [1.54, 1.807) is 4.90 Å². The molecular formula is C12H26N2O2. The summed E-state index contributed by atoms with van der Waals surface area (Å²) in [5, 5.41) is 8.74. The second kappa shape index (κ2) is 10.9. The minimum Gasteiger partial charge on any atom is -0.396 e. The van der Waals surface area contributed by atoms with E-state index in [9.17, 15) is 4.79 Å². The predicted octanol–water partition coefficient (Wildman–Crippen LogP) is 1.13. The van der Waals surface area contributed by atoms with Crippen LogP contribution in [-0.2, 0) is 4.79 Å². The highest BCUT2D eigenvalue weighted by Crippen LogP contribution is 2.04. The third-order valence-corrected chi connectivity index (χ3v) is 2.65. The Hall–Kier alpha value is -0.610. The van der Waals surface area contributed by atoms with E-state index in [0.717, 1.165) is 13.0 Å². The average molecular weight is 230 g/mol. The maximum Gasteiger partial charge on any atom is 0.236 e. The predicted molar refractivity (Wildman–Crippen MR) is 66.1 cm³/mol. The molecule has 0 heterocycles. The Morgan fingerprint density at radius 3 is 2.31 bits per heavy atom. The molecule has 0 unspecified atom stereocenters. The summed E-state index contributed by atoms with van der Waals surface area (Å²) < 4.78 is 0. The summed E-state index contributed by atoms with van der Waals surface area (Å²) >= 11 is 0. The van der Waals surface area contributed by atoms with E-state index in [4.69, 9.17) is 10.8 Å². The molecule has 0 spiro atoms. The van der Waals surface area contributed by atoms with E-state index in [1.165, 1.54) is 25.7 Å². The molecule has 0 saturated heterocycles. The number of amides is 1.